The van der Waals surface area contributed by atoms with Crippen LogP contribution in [0.1, 0.15) is 18.6 Å². The maximum Gasteiger partial charge on any atom is 0.165 e. The van der Waals surface area contributed by atoms with Crippen molar-refractivity contribution in [2.24, 2.45) is 0 Å². The van der Waals surface area contributed by atoms with Crippen LogP contribution in [0.2, 0.25) is 5.02 Å². The van der Waals surface area contributed by atoms with E-state index in [1.54, 1.807) is 18.2 Å². The van der Waals surface area contributed by atoms with Gasteiger partial charge in [-0.2, -0.15) is 0 Å². The lowest BCUT2D eigenvalue weighted by molar-refractivity contribution is 0.168. The first kappa shape index (κ1) is 14.0. The summed E-state index contributed by atoms with van der Waals surface area (Å²) < 4.78 is 21.6. The van der Waals surface area contributed by atoms with Crippen LogP contribution >= 0.6 is 27.5 Å². The molecule has 1 N–H and O–H groups in total. The third kappa shape index (κ3) is 2.77. The number of benzene rings is 1. The molecule has 1 rings (SSSR count). The molecule has 0 bridgehead atoms. The van der Waals surface area contributed by atoms with Crippen LogP contribution in [0.4, 0.5) is 0 Å². The third-order valence-corrected chi connectivity index (χ3v) is 6.48. The van der Waals surface area contributed by atoms with E-state index >= 15 is 0 Å². The number of sulfone groups is 1. The van der Waals surface area contributed by atoms with Gasteiger partial charge in [0.05, 0.1) is 0 Å². The van der Waals surface area contributed by atoms with Crippen molar-refractivity contribution >= 4 is 37.4 Å². The highest BCUT2D eigenvalue weighted by Crippen LogP contribution is 2.38. The second-order valence-electron chi connectivity index (χ2n) is 3.72. The molecular formula is C10H12BrClO3S. The minimum atomic E-state index is -3.44. The quantitative estimate of drug-likeness (QED) is 0.868. The van der Waals surface area contributed by atoms with E-state index < -0.39 is 19.6 Å². The first-order chi connectivity index (χ1) is 7.16. The summed E-state index contributed by atoms with van der Waals surface area (Å²) in [5, 5.41) is 10.5. The summed E-state index contributed by atoms with van der Waals surface area (Å²) in [4.78, 5) is 0. The number of aliphatic hydroxyl groups is 1. The van der Waals surface area contributed by atoms with E-state index in [-0.39, 0.29) is 0 Å². The minimum absolute atomic E-state index is 0.452. The first-order valence-corrected chi connectivity index (χ1v) is 7.54. The lowest BCUT2D eigenvalue weighted by atomic mass is 10.1. The Morgan fingerprint density at radius 2 is 2.06 bits per heavy atom. The molecule has 0 fully saturated rings. The molecule has 0 saturated carbocycles. The van der Waals surface area contributed by atoms with Crippen LogP contribution in [0.5, 0.6) is 0 Å². The highest BCUT2D eigenvalue weighted by molar-refractivity contribution is 9.11. The van der Waals surface area contributed by atoms with Gasteiger partial charge in [-0.15, -0.1) is 0 Å². The molecule has 3 nitrogen and oxygen atoms in total. The Hall–Kier alpha value is -0.100. The van der Waals surface area contributed by atoms with Crippen molar-refractivity contribution < 1.29 is 13.5 Å². The number of rotatable bonds is 3. The molecule has 0 amide bonds. The van der Waals surface area contributed by atoms with Crippen LogP contribution < -0.4 is 0 Å². The summed E-state index contributed by atoms with van der Waals surface area (Å²) in [5.41, 5.74) is 0.456. The van der Waals surface area contributed by atoms with Gasteiger partial charge in [0.15, 0.2) is 13.5 Å². The second kappa shape index (κ2) is 4.64. The predicted molar refractivity (Wildman–Crippen MR) is 68.6 cm³/mol. The van der Waals surface area contributed by atoms with Crippen molar-refractivity contribution in [3.05, 3.63) is 34.9 Å². The van der Waals surface area contributed by atoms with E-state index in [0.29, 0.717) is 10.6 Å². The largest absolute Gasteiger partial charge is 0.386 e. The monoisotopic (exact) mass is 326 g/mol. The minimum Gasteiger partial charge on any atom is -0.386 e. The van der Waals surface area contributed by atoms with Gasteiger partial charge >= 0.3 is 0 Å². The SMILES string of the molecule is C[C@@](Br)([C@@H](O)c1cccc(Cl)c1)S(C)(=O)=O. The normalized spacial score (nSPS) is 17.8. The van der Waals surface area contributed by atoms with E-state index in [9.17, 15) is 13.5 Å². The summed E-state index contributed by atoms with van der Waals surface area (Å²) >= 11 is 8.83. The summed E-state index contributed by atoms with van der Waals surface area (Å²) in [7, 11) is -3.44. The van der Waals surface area contributed by atoms with Crippen LogP contribution in [-0.2, 0) is 9.84 Å². The van der Waals surface area contributed by atoms with Gasteiger partial charge in [0.25, 0.3) is 0 Å². The molecule has 0 aliphatic rings. The Kier molecular flexibility index (Phi) is 4.05. The second-order valence-corrected chi connectivity index (χ2v) is 8.72. The zero-order valence-electron chi connectivity index (χ0n) is 8.81. The molecule has 6 heteroatoms. The standard InChI is InChI=1S/C10H12BrClO3S/c1-10(11,16(2,14)15)9(13)7-4-3-5-8(12)6-7/h3-6,9,13H,1-2H3/t9-,10-/m0/s1. The van der Waals surface area contributed by atoms with Crippen molar-refractivity contribution in [2.75, 3.05) is 6.26 Å². The maximum atomic E-state index is 11.5. The van der Waals surface area contributed by atoms with Gasteiger partial charge in [-0.25, -0.2) is 8.42 Å². The van der Waals surface area contributed by atoms with Gasteiger partial charge in [-0.05, 0) is 24.6 Å². The van der Waals surface area contributed by atoms with Crippen LogP contribution in [0, 0.1) is 0 Å². The smallest absolute Gasteiger partial charge is 0.165 e. The summed E-state index contributed by atoms with van der Waals surface area (Å²) in [6, 6.07) is 6.48. The molecule has 0 heterocycles. The molecule has 0 unspecified atom stereocenters. The van der Waals surface area contributed by atoms with Crippen molar-refractivity contribution in [3.8, 4) is 0 Å². The summed E-state index contributed by atoms with van der Waals surface area (Å²) in [6.07, 6.45) is -0.114. The number of halogens is 2. The van der Waals surface area contributed by atoms with Crippen LogP contribution in [0.25, 0.3) is 0 Å². The van der Waals surface area contributed by atoms with E-state index in [1.165, 1.54) is 13.0 Å². The molecule has 0 spiro atoms. The fourth-order valence-corrected chi connectivity index (χ4v) is 2.18. The zero-order chi connectivity index (χ0) is 12.6. The van der Waals surface area contributed by atoms with Gasteiger partial charge in [-0.3, -0.25) is 0 Å². The van der Waals surface area contributed by atoms with Crippen molar-refractivity contribution in [1.29, 1.82) is 0 Å². The lowest BCUT2D eigenvalue weighted by Crippen LogP contribution is -2.34. The number of aliphatic hydroxyl groups excluding tert-OH is 1. The van der Waals surface area contributed by atoms with Crippen molar-refractivity contribution in [3.63, 3.8) is 0 Å². The Labute approximate surface area is 108 Å². The van der Waals surface area contributed by atoms with E-state index in [2.05, 4.69) is 15.9 Å². The zero-order valence-corrected chi connectivity index (χ0v) is 12.0. The molecule has 0 aliphatic carbocycles. The third-order valence-electron chi connectivity index (χ3n) is 2.38. The molecule has 16 heavy (non-hydrogen) atoms. The van der Waals surface area contributed by atoms with E-state index in [0.717, 1.165) is 6.26 Å². The summed E-state index contributed by atoms with van der Waals surface area (Å²) in [5.74, 6) is 0. The van der Waals surface area contributed by atoms with Gasteiger partial charge in [-0.1, -0.05) is 39.7 Å². The van der Waals surface area contributed by atoms with Gasteiger partial charge in [0.1, 0.15) is 6.10 Å². The average molecular weight is 328 g/mol. The predicted octanol–water partition coefficient (Wildman–Crippen LogP) is 2.53. The van der Waals surface area contributed by atoms with Crippen molar-refractivity contribution in [2.45, 2.75) is 16.7 Å². The van der Waals surface area contributed by atoms with E-state index in [1.807, 2.05) is 0 Å². The lowest BCUT2D eigenvalue weighted by Gasteiger charge is -2.26. The Bertz CT molecular complexity index is 485. The first-order valence-electron chi connectivity index (χ1n) is 4.48. The molecule has 0 radical (unpaired) electrons. The van der Waals surface area contributed by atoms with Gasteiger partial charge in [0.2, 0.25) is 0 Å². The summed E-state index contributed by atoms with van der Waals surface area (Å²) in [6.45, 7) is 1.41. The van der Waals surface area contributed by atoms with Crippen molar-refractivity contribution in [1.82, 2.24) is 0 Å². The molecule has 2 atom stereocenters. The van der Waals surface area contributed by atoms with E-state index in [4.69, 9.17) is 11.6 Å². The molecule has 1 aromatic rings. The number of hydrogen-bond acceptors (Lipinski definition) is 3. The molecule has 0 aromatic heterocycles. The molecule has 0 saturated heterocycles. The molecule has 90 valence electrons. The van der Waals surface area contributed by atoms with Crippen LogP contribution in [-0.4, -0.2) is 23.4 Å². The highest BCUT2D eigenvalue weighted by Gasteiger charge is 2.41. The fourth-order valence-electron chi connectivity index (χ4n) is 1.18. The fraction of sp³-hybridized carbons (Fsp3) is 0.400. The van der Waals surface area contributed by atoms with Gasteiger partial charge in [0, 0.05) is 11.3 Å². The molecule has 1 aromatic carbocycles. The Morgan fingerprint density at radius 1 is 1.50 bits per heavy atom. The molecular weight excluding hydrogens is 316 g/mol. The highest BCUT2D eigenvalue weighted by atomic mass is 79.9. The number of alkyl halides is 1. The van der Waals surface area contributed by atoms with Crippen LogP contribution in [0.15, 0.2) is 24.3 Å². The Morgan fingerprint density at radius 3 is 2.50 bits per heavy atom. The maximum absolute atomic E-state index is 11.5. The van der Waals surface area contributed by atoms with Crippen LogP contribution in [0.3, 0.4) is 0 Å². The number of hydrogen-bond donors (Lipinski definition) is 1. The van der Waals surface area contributed by atoms with Gasteiger partial charge < -0.3 is 5.11 Å². The topological polar surface area (TPSA) is 54.4 Å². The average Bonchev–Trinajstić information content (AvgIpc) is 2.14. The molecule has 0 aliphatic heterocycles. The Balaban J connectivity index is 3.17.